The van der Waals surface area contributed by atoms with E-state index in [0.717, 1.165) is 37.0 Å². The molecule has 1 fully saturated rings. The molecule has 0 spiro atoms. The predicted molar refractivity (Wildman–Crippen MR) is 63.3 cm³/mol. The van der Waals surface area contributed by atoms with E-state index >= 15 is 0 Å². The minimum atomic E-state index is -0.498. The first-order valence-electron chi connectivity index (χ1n) is 5.62. The molecule has 1 aromatic heterocycles. The summed E-state index contributed by atoms with van der Waals surface area (Å²) in [5.41, 5.74) is 0. The van der Waals surface area contributed by atoms with Gasteiger partial charge in [0.1, 0.15) is 11.0 Å². The second kappa shape index (κ2) is 5.27. The Morgan fingerprint density at radius 1 is 1.35 bits per heavy atom. The average Bonchev–Trinajstić information content (AvgIpc) is 2.79. The predicted octanol–water partition coefficient (Wildman–Crippen LogP) is 3.15. The highest BCUT2D eigenvalue weighted by Gasteiger charge is 2.21. The van der Waals surface area contributed by atoms with Gasteiger partial charge in [0.2, 0.25) is 0 Å². The molecule has 0 amide bonds. The van der Waals surface area contributed by atoms with Crippen molar-refractivity contribution in [3.8, 4) is 0 Å². The minimum Gasteiger partial charge on any atom is -0.458 e. The zero-order valence-electron chi connectivity index (χ0n) is 9.26. The van der Waals surface area contributed by atoms with Crippen LogP contribution in [0.25, 0.3) is 0 Å². The van der Waals surface area contributed by atoms with Crippen LogP contribution in [0.15, 0.2) is 12.1 Å². The van der Waals surface area contributed by atoms with Crippen LogP contribution in [0.3, 0.4) is 0 Å². The second-order valence-electron chi connectivity index (χ2n) is 4.06. The molecule has 1 heterocycles. The van der Waals surface area contributed by atoms with Gasteiger partial charge in [-0.25, -0.2) is 4.79 Å². The number of nitro groups is 1. The molecule has 0 atom stereocenters. The minimum absolute atomic E-state index is 0.0163. The van der Waals surface area contributed by atoms with Gasteiger partial charge in [0.15, 0.2) is 0 Å². The molecule has 2 rings (SSSR count). The van der Waals surface area contributed by atoms with Gasteiger partial charge in [-0.15, -0.1) is 0 Å². The highest BCUT2D eigenvalue weighted by molar-refractivity contribution is 7.17. The van der Waals surface area contributed by atoms with Crippen molar-refractivity contribution in [2.75, 3.05) is 0 Å². The van der Waals surface area contributed by atoms with Gasteiger partial charge < -0.3 is 4.74 Å². The summed E-state index contributed by atoms with van der Waals surface area (Å²) in [7, 11) is 0. The highest BCUT2D eigenvalue weighted by atomic mass is 32.1. The van der Waals surface area contributed by atoms with Crippen LogP contribution in [-0.2, 0) is 4.74 Å². The Labute approximate surface area is 103 Å². The van der Waals surface area contributed by atoms with Crippen LogP contribution in [0.4, 0.5) is 5.00 Å². The zero-order chi connectivity index (χ0) is 12.3. The second-order valence-corrected chi connectivity index (χ2v) is 5.12. The molecule has 1 aliphatic rings. The van der Waals surface area contributed by atoms with Gasteiger partial charge in [0, 0.05) is 6.07 Å². The molecule has 1 saturated carbocycles. The van der Waals surface area contributed by atoms with Crippen LogP contribution in [0.1, 0.15) is 41.8 Å². The van der Waals surface area contributed by atoms with Crippen LogP contribution in [0.5, 0.6) is 0 Å². The van der Waals surface area contributed by atoms with Gasteiger partial charge in [0.25, 0.3) is 0 Å². The Morgan fingerprint density at radius 3 is 2.65 bits per heavy atom. The third-order valence-corrected chi connectivity index (χ3v) is 3.82. The number of carbonyl (C=O) groups is 1. The lowest BCUT2D eigenvalue weighted by Crippen LogP contribution is -2.20. The average molecular weight is 255 g/mol. The van der Waals surface area contributed by atoms with Crippen molar-refractivity contribution < 1.29 is 14.5 Å². The van der Waals surface area contributed by atoms with Crippen LogP contribution < -0.4 is 0 Å². The highest BCUT2D eigenvalue weighted by Crippen LogP contribution is 2.26. The Kier molecular flexibility index (Phi) is 3.73. The maximum Gasteiger partial charge on any atom is 0.348 e. The summed E-state index contributed by atoms with van der Waals surface area (Å²) >= 11 is 0.864. The lowest BCUT2D eigenvalue weighted by molar-refractivity contribution is -0.380. The topological polar surface area (TPSA) is 69.4 Å². The van der Waals surface area contributed by atoms with E-state index in [9.17, 15) is 14.9 Å². The van der Waals surface area contributed by atoms with E-state index in [1.807, 2.05) is 0 Å². The van der Waals surface area contributed by atoms with E-state index < -0.39 is 10.9 Å². The van der Waals surface area contributed by atoms with Gasteiger partial charge in [-0.1, -0.05) is 17.8 Å². The molecule has 0 bridgehead atoms. The van der Waals surface area contributed by atoms with Gasteiger partial charge in [-0.3, -0.25) is 10.1 Å². The number of rotatable bonds is 3. The normalized spacial score (nSPS) is 16.7. The standard InChI is InChI=1S/C11H13NO4S/c13-11(16-8-4-2-1-3-5-8)9-6-7-10(17-9)12(14)15/h6-8H,1-5H2. The number of hydrogen-bond acceptors (Lipinski definition) is 5. The molecule has 0 unspecified atom stereocenters. The number of hydrogen-bond donors (Lipinski definition) is 0. The lowest BCUT2D eigenvalue weighted by atomic mass is 9.98. The SMILES string of the molecule is O=C(OC1CCCCC1)c1ccc([N+](=O)[O-])s1. The molecule has 0 aliphatic heterocycles. The summed E-state index contributed by atoms with van der Waals surface area (Å²) in [6.07, 6.45) is 5.15. The number of esters is 1. The smallest absolute Gasteiger partial charge is 0.348 e. The first-order valence-corrected chi connectivity index (χ1v) is 6.43. The third kappa shape index (κ3) is 3.03. The molecule has 0 N–H and O–H groups in total. The maximum atomic E-state index is 11.7. The summed E-state index contributed by atoms with van der Waals surface area (Å²) in [5, 5.41) is 10.5. The Hall–Kier alpha value is -1.43. The van der Waals surface area contributed by atoms with Gasteiger partial charge in [-0.2, -0.15) is 0 Å². The molecule has 0 radical (unpaired) electrons. The summed E-state index contributed by atoms with van der Waals surface area (Å²) in [5.74, 6) is -0.435. The molecule has 5 nitrogen and oxygen atoms in total. The Bertz CT molecular complexity index is 423. The summed E-state index contributed by atoms with van der Waals surface area (Å²) in [6.45, 7) is 0. The number of carbonyl (C=O) groups excluding carboxylic acids is 1. The molecule has 0 saturated heterocycles. The number of thiophene rings is 1. The lowest BCUT2D eigenvalue weighted by Gasteiger charge is -2.21. The van der Waals surface area contributed by atoms with Crippen LogP contribution >= 0.6 is 11.3 Å². The maximum absolute atomic E-state index is 11.7. The van der Waals surface area contributed by atoms with E-state index in [4.69, 9.17) is 4.74 Å². The fourth-order valence-corrected chi connectivity index (χ4v) is 2.63. The first-order chi connectivity index (χ1) is 8.16. The summed E-state index contributed by atoms with van der Waals surface area (Å²) < 4.78 is 5.32. The molecule has 0 aromatic carbocycles. The quantitative estimate of drug-likeness (QED) is 0.472. The van der Waals surface area contributed by atoms with Crippen molar-refractivity contribution in [1.82, 2.24) is 0 Å². The first kappa shape index (κ1) is 12.0. The van der Waals surface area contributed by atoms with Crippen LogP contribution in [0, 0.1) is 10.1 Å². The molecular formula is C11H13NO4S. The van der Waals surface area contributed by atoms with E-state index in [1.54, 1.807) is 0 Å². The van der Waals surface area contributed by atoms with Gasteiger partial charge >= 0.3 is 11.0 Å². The third-order valence-electron chi connectivity index (χ3n) is 2.80. The molecule has 92 valence electrons. The van der Waals surface area contributed by atoms with Gasteiger partial charge in [-0.05, 0) is 31.7 Å². The molecule has 6 heteroatoms. The van der Waals surface area contributed by atoms with Crippen molar-refractivity contribution >= 4 is 22.3 Å². The molecule has 1 aliphatic carbocycles. The van der Waals surface area contributed by atoms with E-state index in [2.05, 4.69) is 0 Å². The number of nitrogens with zero attached hydrogens (tertiary/aromatic N) is 1. The van der Waals surface area contributed by atoms with Crippen LogP contribution in [0.2, 0.25) is 0 Å². The Balaban J connectivity index is 1.96. The van der Waals surface area contributed by atoms with Crippen molar-refractivity contribution in [3.05, 3.63) is 27.1 Å². The molecule has 17 heavy (non-hydrogen) atoms. The zero-order valence-corrected chi connectivity index (χ0v) is 10.1. The summed E-state index contributed by atoms with van der Waals surface area (Å²) in [6, 6.07) is 2.79. The monoisotopic (exact) mass is 255 g/mol. The van der Waals surface area contributed by atoms with Crippen molar-refractivity contribution in [1.29, 1.82) is 0 Å². The fraction of sp³-hybridized carbons (Fsp3) is 0.545. The molecular weight excluding hydrogens is 242 g/mol. The largest absolute Gasteiger partial charge is 0.458 e. The molecule has 1 aromatic rings. The summed E-state index contributed by atoms with van der Waals surface area (Å²) in [4.78, 5) is 22.0. The van der Waals surface area contributed by atoms with E-state index in [-0.39, 0.29) is 11.1 Å². The van der Waals surface area contributed by atoms with Gasteiger partial charge in [0.05, 0.1) is 4.92 Å². The van der Waals surface area contributed by atoms with Crippen LogP contribution in [-0.4, -0.2) is 17.0 Å². The van der Waals surface area contributed by atoms with E-state index in [0.29, 0.717) is 4.88 Å². The Morgan fingerprint density at radius 2 is 2.06 bits per heavy atom. The van der Waals surface area contributed by atoms with Crippen molar-refractivity contribution in [3.63, 3.8) is 0 Å². The number of ether oxygens (including phenoxy) is 1. The van der Waals surface area contributed by atoms with Crippen molar-refractivity contribution in [2.45, 2.75) is 38.2 Å². The van der Waals surface area contributed by atoms with Crippen molar-refractivity contribution in [2.24, 2.45) is 0 Å². The fourth-order valence-electron chi connectivity index (χ4n) is 1.93. The van der Waals surface area contributed by atoms with E-state index in [1.165, 1.54) is 18.6 Å².